The van der Waals surface area contributed by atoms with Gasteiger partial charge in [-0.25, -0.2) is 13.8 Å². The molecule has 0 aliphatic carbocycles. The Balaban J connectivity index is 1.43. The van der Waals surface area contributed by atoms with Gasteiger partial charge in [-0.15, -0.1) is 0 Å². The van der Waals surface area contributed by atoms with E-state index in [1.807, 2.05) is 0 Å². The molecule has 0 saturated heterocycles. The van der Waals surface area contributed by atoms with E-state index in [2.05, 4.69) is 36.2 Å². The number of hydrazone groups is 1. The molecule has 0 aliphatic heterocycles. The second kappa shape index (κ2) is 9.39. The van der Waals surface area contributed by atoms with Gasteiger partial charge in [0.25, 0.3) is 15.9 Å². The first kappa shape index (κ1) is 22.4. The summed E-state index contributed by atoms with van der Waals surface area (Å²) in [7, 11) is -3.75. The second-order valence-electron chi connectivity index (χ2n) is 6.91. The molecule has 166 valence electrons. The van der Waals surface area contributed by atoms with Crippen molar-refractivity contribution < 1.29 is 18.3 Å². The predicted molar refractivity (Wildman–Crippen MR) is 130 cm³/mol. The van der Waals surface area contributed by atoms with Crippen LogP contribution in [0, 0.1) is 0 Å². The molecule has 0 spiro atoms. The number of benzene rings is 3. The average Bonchev–Trinajstić information content (AvgIpc) is 2.81. The maximum Gasteiger partial charge on any atom is 0.271 e. The lowest BCUT2D eigenvalue weighted by Crippen LogP contribution is -2.18. The fourth-order valence-electron chi connectivity index (χ4n) is 3.03. The number of nitrogens with zero attached hydrogens (tertiary/aromatic N) is 2. The third-order valence-corrected chi connectivity index (χ3v) is 6.60. The summed E-state index contributed by atoms with van der Waals surface area (Å²) in [6.07, 6.45) is 3.04. The largest absolute Gasteiger partial charge is 0.506 e. The number of hydrogen-bond donors (Lipinski definition) is 3. The zero-order valence-electron chi connectivity index (χ0n) is 16.9. The number of sulfonamides is 1. The first-order valence-corrected chi connectivity index (χ1v) is 11.9. The Morgan fingerprint density at radius 3 is 2.45 bits per heavy atom. The fraction of sp³-hybridized carbons (Fsp3) is 0. The summed E-state index contributed by atoms with van der Waals surface area (Å²) in [5.41, 5.74) is 4.17. The van der Waals surface area contributed by atoms with E-state index in [1.165, 1.54) is 48.7 Å². The van der Waals surface area contributed by atoms with Gasteiger partial charge in [0.2, 0.25) is 0 Å². The van der Waals surface area contributed by atoms with E-state index in [0.717, 1.165) is 4.47 Å². The van der Waals surface area contributed by atoms with Gasteiger partial charge in [-0.2, -0.15) is 5.10 Å². The number of carbonyl (C=O) groups is 1. The van der Waals surface area contributed by atoms with Gasteiger partial charge in [-0.05, 0) is 66.7 Å². The molecule has 8 nitrogen and oxygen atoms in total. The van der Waals surface area contributed by atoms with Gasteiger partial charge in [0.15, 0.2) is 0 Å². The van der Waals surface area contributed by atoms with Crippen LogP contribution in [0.5, 0.6) is 5.75 Å². The number of anilines is 1. The minimum Gasteiger partial charge on any atom is -0.506 e. The molecule has 1 amide bonds. The van der Waals surface area contributed by atoms with Crippen molar-refractivity contribution in [3.63, 3.8) is 0 Å². The fourth-order valence-corrected chi connectivity index (χ4v) is 4.36. The van der Waals surface area contributed by atoms with E-state index in [9.17, 15) is 18.3 Å². The van der Waals surface area contributed by atoms with E-state index in [-0.39, 0.29) is 10.6 Å². The molecule has 3 N–H and O–H groups in total. The summed E-state index contributed by atoms with van der Waals surface area (Å²) < 4.78 is 28.2. The Morgan fingerprint density at radius 2 is 1.73 bits per heavy atom. The van der Waals surface area contributed by atoms with Crippen LogP contribution in [-0.2, 0) is 10.0 Å². The molecular formula is C23H17BrN4O4S. The van der Waals surface area contributed by atoms with E-state index in [1.54, 1.807) is 36.5 Å². The Labute approximate surface area is 198 Å². The minimum absolute atomic E-state index is 0.0580. The average molecular weight is 525 g/mol. The Hall–Kier alpha value is -3.76. The van der Waals surface area contributed by atoms with Crippen LogP contribution in [0.15, 0.2) is 93.5 Å². The number of carbonyl (C=O) groups excluding carboxylic acids is 1. The smallest absolute Gasteiger partial charge is 0.271 e. The SMILES string of the molecule is O=C(NN=Cc1ccc(O)c2ncccc12)c1ccc(NS(=O)(=O)c2ccc(Br)cc2)cc1. The maximum atomic E-state index is 12.5. The number of pyridine rings is 1. The van der Waals surface area contributed by atoms with E-state index in [4.69, 9.17) is 0 Å². The van der Waals surface area contributed by atoms with Gasteiger partial charge in [0.05, 0.1) is 11.1 Å². The molecule has 0 bridgehead atoms. The number of halogens is 1. The van der Waals surface area contributed by atoms with Crippen molar-refractivity contribution in [2.24, 2.45) is 5.10 Å². The first-order chi connectivity index (χ1) is 15.8. The van der Waals surface area contributed by atoms with Crippen LogP contribution in [0.1, 0.15) is 15.9 Å². The lowest BCUT2D eigenvalue weighted by Gasteiger charge is -2.09. The number of fused-ring (bicyclic) bond motifs is 1. The standard InChI is InChI=1S/C23H17BrN4O4S/c24-17-6-10-19(11-7-17)33(31,32)28-18-8-3-15(4-9-18)23(30)27-26-14-16-5-12-21(29)22-20(16)2-1-13-25-22/h1-14,28-29H,(H,27,30). The molecule has 0 atom stereocenters. The minimum atomic E-state index is -3.75. The van der Waals surface area contributed by atoms with Gasteiger partial charge in [0, 0.05) is 32.9 Å². The molecule has 0 unspecified atom stereocenters. The molecule has 4 rings (SSSR count). The number of phenolic OH excluding ortho intramolecular Hbond substituents is 1. The number of aromatic hydroxyl groups is 1. The number of hydrogen-bond acceptors (Lipinski definition) is 6. The highest BCUT2D eigenvalue weighted by atomic mass is 79.9. The highest BCUT2D eigenvalue weighted by Gasteiger charge is 2.14. The molecule has 3 aromatic carbocycles. The summed E-state index contributed by atoms with van der Waals surface area (Å²) in [4.78, 5) is 16.6. The van der Waals surface area contributed by atoms with Crippen molar-refractivity contribution in [1.82, 2.24) is 10.4 Å². The van der Waals surface area contributed by atoms with Gasteiger partial charge >= 0.3 is 0 Å². The van der Waals surface area contributed by atoms with Crippen LogP contribution in [-0.4, -0.2) is 30.6 Å². The molecule has 4 aromatic rings. The summed E-state index contributed by atoms with van der Waals surface area (Å²) in [6.45, 7) is 0. The van der Waals surface area contributed by atoms with Gasteiger partial charge in [-0.1, -0.05) is 22.0 Å². The Morgan fingerprint density at radius 1 is 1.00 bits per heavy atom. The van der Waals surface area contributed by atoms with Crippen LogP contribution >= 0.6 is 15.9 Å². The summed E-state index contributed by atoms with van der Waals surface area (Å²) in [5.74, 6) is -0.405. The molecule has 10 heteroatoms. The number of nitrogens with one attached hydrogen (secondary N) is 2. The van der Waals surface area contributed by atoms with Gasteiger partial charge < -0.3 is 5.11 Å². The van der Waals surface area contributed by atoms with Crippen molar-refractivity contribution in [2.45, 2.75) is 4.90 Å². The second-order valence-corrected chi connectivity index (χ2v) is 9.51. The molecule has 0 fully saturated rings. The van der Waals surface area contributed by atoms with Crippen molar-refractivity contribution in [3.8, 4) is 5.75 Å². The molecule has 1 heterocycles. The highest BCUT2D eigenvalue weighted by molar-refractivity contribution is 9.10. The zero-order chi connectivity index (χ0) is 23.4. The number of aromatic nitrogens is 1. The number of amides is 1. The van der Waals surface area contributed by atoms with Crippen LogP contribution in [0.3, 0.4) is 0 Å². The van der Waals surface area contributed by atoms with Gasteiger partial charge in [-0.3, -0.25) is 14.5 Å². The molecule has 0 saturated carbocycles. The normalized spacial score (nSPS) is 11.5. The monoisotopic (exact) mass is 524 g/mol. The number of rotatable bonds is 6. The van der Waals surface area contributed by atoms with Gasteiger partial charge in [0.1, 0.15) is 11.3 Å². The summed E-state index contributed by atoms with van der Waals surface area (Å²) in [5, 5.41) is 14.6. The third-order valence-electron chi connectivity index (χ3n) is 4.68. The molecule has 33 heavy (non-hydrogen) atoms. The topological polar surface area (TPSA) is 121 Å². The van der Waals surface area contributed by atoms with E-state index in [0.29, 0.717) is 27.7 Å². The van der Waals surface area contributed by atoms with Crippen molar-refractivity contribution in [3.05, 3.63) is 94.6 Å². The predicted octanol–water partition coefficient (Wildman–Crippen LogP) is 4.27. The first-order valence-electron chi connectivity index (χ1n) is 9.62. The van der Waals surface area contributed by atoms with E-state index < -0.39 is 15.9 Å². The Bertz CT molecular complexity index is 1450. The molecule has 0 aliphatic rings. The van der Waals surface area contributed by atoms with Crippen molar-refractivity contribution in [2.75, 3.05) is 4.72 Å². The maximum absolute atomic E-state index is 12.5. The van der Waals surface area contributed by atoms with Crippen LogP contribution in [0.2, 0.25) is 0 Å². The quantitative estimate of drug-likeness (QED) is 0.257. The highest BCUT2D eigenvalue weighted by Crippen LogP contribution is 2.24. The van der Waals surface area contributed by atoms with Crippen LogP contribution in [0.25, 0.3) is 10.9 Å². The molecule has 0 radical (unpaired) electrons. The summed E-state index contributed by atoms with van der Waals surface area (Å²) in [6, 6.07) is 18.9. The third kappa shape index (κ3) is 5.18. The van der Waals surface area contributed by atoms with Crippen molar-refractivity contribution in [1.29, 1.82) is 0 Å². The molecule has 1 aromatic heterocycles. The zero-order valence-corrected chi connectivity index (χ0v) is 19.3. The van der Waals surface area contributed by atoms with E-state index >= 15 is 0 Å². The molecular weight excluding hydrogens is 508 g/mol. The Kier molecular flexibility index (Phi) is 6.38. The summed E-state index contributed by atoms with van der Waals surface area (Å²) >= 11 is 3.27. The van der Waals surface area contributed by atoms with Crippen LogP contribution < -0.4 is 10.1 Å². The lowest BCUT2D eigenvalue weighted by atomic mass is 10.1. The lowest BCUT2D eigenvalue weighted by molar-refractivity contribution is 0.0955. The number of phenols is 1. The van der Waals surface area contributed by atoms with Crippen molar-refractivity contribution >= 4 is 54.7 Å². The van der Waals surface area contributed by atoms with Crippen LogP contribution in [0.4, 0.5) is 5.69 Å².